The van der Waals surface area contributed by atoms with Crippen molar-refractivity contribution in [2.24, 2.45) is 5.73 Å². The smallest absolute Gasteiger partial charge is 0.0654 e. The van der Waals surface area contributed by atoms with Crippen LogP contribution < -0.4 is 5.73 Å². The summed E-state index contributed by atoms with van der Waals surface area (Å²) in [6.07, 6.45) is 0. The zero-order chi connectivity index (χ0) is 13.3. The summed E-state index contributed by atoms with van der Waals surface area (Å²) < 4.78 is 0. The molecule has 0 aromatic heterocycles. The first-order valence-electron chi connectivity index (χ1n) is 6.04. The quantitative estimate of drug-likeness (QED) is 0.860. The van der Waals surface area contributed by atoms with E-state index >= 15 is 0 Å². The second-order valence-corrected chi connectivity index (χ2v) is 5.41. The molecule has 0 aliphatic heterocycles. The van der Waals surface area contributed by atoms with Crippen LogP contribution in [-0.2, 0) is 5.54 Å². The molecule has 0 saturated carbocycles. The highest BCUT2D eigenvalue weighted by Crippen LogP contribution is 2.33. The van der Waals surface area contributed by atoms with Gasteiger partial charge in [-0.3, -0.25) is 0 Å². The van der Waals surface area contributed by atoms with Crippen molar-refractivity contribution in [1.82, 2.24) is 0 Å². The molecule has 0 saturated heterocycles. The largest absolute Gasteiger partial charge is 0.318 e. The maximum absolute atomic E-state index is 6.55. The highest BCUT2D eigenvalue weighted by molar-refractivity contribution is 6.31. The molecule has 18 heavy (non-hydrogen) atoms. The summed E-state index contributed by atoms with van der Waals surface area (Å²) in [4.78, 5) is 0. The van der Waals surface area contributed by atoms with Crippen LogP contribution in [0.3, 0.4) is 0 Å². The van der Waals surface area contributed by atoms with Crippen LogP contribution in [-0.4, -0.2) is 0 Å². The fraction of sp³-hybridized carbons (Fsp3) is 0.250. The van der Waals surface area contributed by atoms with Crippen molar-refractivity contribution >= 4 is 11.6 Å². The van der Waals surface area contributed by atoms with Gasteiger partial charge in [-0.25, -0.2) is 0 Å². The Morgan fingerprint density at radius 2 is 1.67 bits per heavy atom. The van der Waals surface area contributed by atoms with Gasteiger partial charge in [-0.2, -0.15) is 0 Å². The topological polar surface area (TPSA) is 26.0 Å². The highest BCUT2D eigenvalue weighted by atomic mass is 35.5. The lowest BCUT2D eigenvalue weighted by Crippen LogP contribution is -2.35. The number of halogens is 1. The Morgan fingerprint density at radius 3 is 2.33 bits per heavy atom. The number of aryl methyl sites for hydroxylation is 2. The molecule has 2 N–H and O–H groups in total. The highest BCUT2D eigenvalue weighted by Gasteiger charge is 2.27. The molecule has 0 aliphatic rings. The zero-order valence-electron chi connectivity index (χ0n) is 11.0. The van der Waals surface area contributed by atoms with Gasteiger partial charge in [0.2, 0.25) is 0 Å². The third-order valence-corrected chi connectivity index (χ3v) is 3.72. The molecule has 94 valence electrons. The molecular weight excluding hydrogens is 242 g/mol. The molecule has 1 nitrogen and oxygen atoms in total. The Hall–Kier alpha value is -1.31. The van der Waals surface area contributed by atoms with Gasteiger partial charge in [0.1, 0.15) is 0 Å². The number of rotatable bonds is 2. The van der Waals surface area contributed by atoms with Gasteiger partial charge in [0.25, 0.3) is 0 Å². The van der Waals surface area contributed by atoms with Gasteiger partial charge in [0.05, 0.1) is 5.54 Å². The van der Waals surface area contributed by atoms with Gasteiger partial charge >= 0.3 is 0 Å². The number of hydrogen-bond donors (Lipinski definition) is 1. The minimum Gasteiger partial charge on any atom is -0.318 e. The van der Waals surface area contributed by atoms with Crippen molar-refractivity contribution in [1.29, 1.82) is 0 Å². The molecule has 2 heteroatoms. The van der Waals surface area contributed by atoms with E-state index in [0.717, 1.165) is 11.1 Å². The maximum atomic E-state index is 6.55. The average Bonchev–Trinajstić information content (AvgIpc) is 2.32. The molecule has 0 spiro atoms. The van der Waals surface area contributed by atoms with Gasteiger partial charge in [0.15, 0.2) is 0 Å². The summed E-state index contributed by atoms with van der Waals surface area (Å²) >= 11 is 6.27. The monoisotopic (exact) mass is 259 g/mol. The number of nitrogens with two attached hydrogens (primary N) is 1. The van der Waals surface area contributed by atoms with Gasteiger partial charge < -0.3 is 5.73 Å². The van der Waals surface area contributed by atoms with Crippen LogP contribution in [0.15, 0.2) is 42.5 Å². The first kappa shape index (κ1) is 13.1. The molecule has 0 amide bonds. The Morgan fingerprint density at radius 1 is 1.00 bits per heavy atom. The first-order valence-corrected chi connectivity index (χ1v) is 6.42. The second kappa shape index (κ2) is 4.75. The molecule has 0 radical (unpaired) electrons. The Labute approximate surface area is 114 Å². The van der Waals surface area contributed by atoms with Crippen LogP contribution >= 0.6 is 11.6 Å². The molecule has 0 fully saturated rings. The molecule has 0 heterocycles. The Bertz CT molecular complexity index is 573. The van der Waals surface area contributed by atoms with E-state index < -0.39 is 5.54 Å². The summed E-state index contributed by atoms with van der Waals surface area (Å²) in [5, 5.41) is 0.711. The van der Waals surface area contributed by atoms with E-state index in [4.69, 9.17) is 17.3 Å². The summed E-state index contributed by atoms with van der Waals surface area (Å²) in [5.41, 5.74) is 10.4. The Kier molecular flexibility index (Phi) is 3.47. The third kappa shape index (κ3) is 2.29. The molecule has 0 bridgehead atoms. The van der Waals surface area contributed by atoms with Gasteiger partial charge in [0, 0.05) is 5.02 Å². The van der Waals surface area contributed by atoms with E-state index in [2.05, 4.69) is 32.0 Å². The fourth-order valence-electron chi connectivity index (χ4n) is 2.32. The Balaban J connectivity index is 2.61. The summed E-state index contributed by atoms with van der Waals surface area (Å²) in [5.74, 6) is 0. The maximum Gasteiger partial charge on any atom is 0.0654 e. The van der Waals surface area contributed by atoms with E-state index in [0.29, 0.717) is 5.02 Å². The normalized spacial score (nSPS) is 14.3. The van der Waals surface area contributed by atoms with E-state index in [-0.39, 0.29) is 0 Å². The van der Waals surface area contributed by atoms with E-state index in [1.165, 1.54) is 11.1 Å². The van der Waals surface area contributed by atoms with E-state index in [9.17, 15) is 0 Å². The van der Waals surface area contributed by atoms with Crippen LogP contribution in [0.2, 0.25) is 5.02 Å². The molecular formula is C16H18ClN. The minimum atomic E-state index is -0.575. The van der Waals surface area contributed by atoms with Crippen molar-refractivity contribution in [2.45, 2.75) is 26.3 Å². The molecule has 2 aromatic carbocycles. The lowest BCUT2D eigenvalue weighted by Gasteiger charge is -2.29. The van der Waals surface area contributed by atoms with Crippen LogP contribution in [0.5, 0.6) is 0 Å². The third-order valence-electron chi connectivity index (χ3n) is 3.39. The van der Waals surface area contributed by atoms with Gasteiger partial charge in [-0.15, -0.1) is 0 Å². The van der Waals surface area contributed by atoms with Gasteiger partial charge in [-0.1, -0.05) is 53.6 Å². The molecule has 2 rings (SSSR count). The predicted octanol–water partition coefficient (Wildman–Crippen LogP) is 4.18. The zero-order valence-corrected chi connectivity index (χ0v) is 11.8. The molecule has 0 aliphatic carbocycles. The lowest BCUT2D eigenvalue weighted by atomic mass is 9.82. The van der Waals surface area contributed by atoms with Crippen molar-refractivity contribution in [3.05, 3.63) is 69.7 Å². The van der Waals surface area contributed by atoms with Crippen molar-refractivity contribution < 1.29 is 0 Å². The van der Waals surface area contributed by atoms with Crippen LogP contribution in [0.4, 0.5) is 0 Å². The standard InChI is InChI=1S/C16H18ClN/c1-11-8-9-12(2)14(10-11)16(3,18)13-6-4-5-7-15(13)17/h4-10H,18H2,1-3H3. The molecule has 1 unspecified atom stereocenters. The number of hydrogen-bond acceptors (Lipinski definition) is 1. The van der Waals surface area contributed by atoms with Crippen LogP contribution in [0.1, 0.15) is 29.2 Å². The minimum absolute atomic E-state index is 0.575. The summed E-state index contributed by atoms with van der Waals surface area (Å²) in [6, 6.07) is 14.1. The molecule has 1 atom stereocenters. The number of benzene rings is 2. The fourth-order valence-corrected chi connectivity index (χ4v) is 2.65. The van der Waals surface area contributed by atoms with Crippen molar-refractivity contribution in [3.63, 3.8) is 0 Å². The average molecular weight is 260 g/mol. The first-order chi connectivity index (χ1) is 8.43. The van der Waals surface area contributed by atoms with Crippen LogP contribution in [0, 0.1) is 13.8 Å². The second-order valence-electron chi connectivity index (χ2n) is 5.00. The summed E-state index contributed by atoms with van der Waals surface area (Å²) in [6.45, 7) is 6.17. The van der Waals surface area contributed by atoms with Gasteiger partial charge in [-0.05, 0) is 43.5 Å². The van der Waals surface area contributed by atoms with Crippen molar-refractivity contribution in [2.75, 3.05) is 0 Å². The van der Waals surface area contributed by atoms with Crippen molar-refractivity contribution in [3.8, 4) is 0 Å². The van der Waals surface area contributed by atoms with E-state index in [1.807, 2.05) is 31.2 Å². The predicted molar refractivity (Wildman–Crippen MR) is 78.0 cm³/mol. The van der Waals surface area contributed by atoms with E-state index in [1.54, 1.807) is 0 Å². The molecule has 2 aromatic rings. The lowest BCUT2D eigenvalue weighted by molar-refractivity contribution is 0.598. The SMILES string of the molecule is Cc1ccc(C)c(C(C)(N)c2ccccc2Cl)c1. The van der Waals surface area contributed by atoms with Crippen LogP contribution in [0.25, 0.3) is 0 Å². The summed E-state index contributed by atoms with van der Waals surface area (Å²) in [7, 11) is 0.